The quantitative estimate of drug-likeness (QED) is 0.691. The van der Waals surface area contributed by atoms with E-state index >= 15 is 0 Å². The van der Waals surface area contributed by atoms with Crippen LogP contribution >= 0.6 is 0 Å². The smallest absolute Gasteiger partial charge is 0.248 e. The van der Waals surface area contributed by atoms with Gasteiger partial charge >= 0.3 is 0 Å². The van der Waals surface area contributed by atoms with Gasteiger partial charge in [-0.2, -0.15) is 0 Å². The van der Waals surface area contributed by atoms with E-state index in [1.165, 1.54) is 6.92 Å². The second kappa shape index (κ2) is 9.45. The summed E-state index contributed by atoms with van der Waals surface area (Å²) in [5.74, 6) is 0.687. The second-order valence-corrected chi connectivity index (χ2v) is 7.94. The maximum atomic E-state index is 12.8. The molecule has 0 heterocycles. The molecule has 28 heavy (non-hydrogen) atoms. The van der Waals surface area contributed by atoms with E-state index in [-0.39, 0.29) is 0 Å². The van der Waals surface area contributed by atoms with Crippen LogP contribution in [0.15, 0.2) is 48.5 Å². The highest BCUT2D eigenvalue weighted by Gasteiger charge is 2.29. The number of rotatable bonds is 9. The van der Waals surface area contributed by atoms with Crippen molar-refractivity contribution in [2.24, 2.45) is 0 Å². The highest BCUT2D eigenvalue weighted by Crippen LogP contribution is 2.27. The first-order valence-electron chi connectivity index (χ1n) is 9.02. The van der Waals surface area contributed by atoms with Crippen LogP contribution in [0.1, 0.15) is 20.8 Å². The van der Waals surface area contributed by atoms with Crippen molar-refractivity contribution < 1.29 is 22.7 Å². The van der Waals surface area contributed by atoms with Crippen molar-refractivity contribution in [3.63, 3.8) is 0 Å². The van der Waals surface area contributed by atoms with E-state index in [4.69, 9.17) is 9.47 Å². The number of hydrogen-bond donors (Lipinski definition) is 1. The van der Waals surface area contributed by atoms with Crippen LogP contribution in [0.3, 0.4) is 0 Å². The van der Waals surface area contributed by atoms with E-state index in [1.807, 2.05) is 13.8 Å². The highest BCUT2D eigenvalue weighted by atomic mass is 32.2. The molecule has 0 unspecified atom stereocenters. The van der Waals surface area contributed by atoms with Crippen LogP contribution in [0.25, 0.3) is 0 Å². The largest absolute Gasteiger partial charge is 0.494 e. The van der Waals surface area contributed by atoms with Gasteiger partial charge in [0.05, 0.1) is 30.8 Å². The third-order valence-electron chi connectivity index (χ3n) is 3.94. The van der Waals surface area contributed by atoms with Crippen LogP contribution in [-0.2, 0) is 14.8 Å². The van der Waals surface area contributed by atoms with Gasteiger partial charge in [-0.25, -0.2) is 8.42 Å². The molecule has 0 fully saturated rings. The molecule has 0 radical (unpaired) electrons. The molecule has 152 valence electrons. The standard InChI is InChI=1S/C20H26N2O5S/c1-5-26-17-13-11-16(12-14-17)22(28(4,24)25)15(3)20(23)21-18-9-7-8-10-19(18)27-6-2/h7-15H,5-6H2,1-4H3,(H,21,23)/t15-/m1/s1. The molecule has 1 amide bonds. The Kier molecular flexibility index (Phi) is 7.28. The number of nitrogens with one attached hydrogen (secondary N) is 1. The molecule has 1 N–H and O–H groups in total. The number of anilines is 2. The van der Waals surface area contributed by atoms with Crippen molar-refractivity contribution in [1.29, 1.82) is 0 Å². The van der Waals surface area contributed by atoms with Gasteiger partial charge in [-0.15, -0.1) is 0 Å². The average molecular weight is 407 g/mol. The monoisotopic (exact) mass is 406 g/mol. The molecule has 0 aliphatic carbocycles. The lowest BCUT2D eigenvalue weighted by Gasteiger charge is -2.28. The number of benzene rings is 2. The average Bonchev–Trinajstić information content (AvgIpc) is 2.64. The Hall–Kier alpha value is -2.74. The highest BCUT2D eigenvalue weighted by molar-refractivity contribution is 7.92. The Bertz CT molecular complexity index is 897. The molecule has 0 saturated carbocycles. The number of carbonyl (C=O) groups is 1. The molecule has 1 atom stereocenters. The summed E-state index contributed by atoms with van der Waals surface area (Å²) >= 11 is 0. The fourth-order valence-electron chi connectivity index (χ4n) is 2.75. The maximum absolute atomic E-state index is 12.8. The first-order valence-corrected chi connectivity index (χ1v) is 10.9. The zero-order valence-electron chi connectivity index (χ0n) is 16.5. The van der Waals surface area contributed by atoms with Crippen molar-refractivity contribution >= 4 is 27.3 Å². The second-order valence-electron chi connectivity index (χ2n) is 6.08. The van der Waals surface area contributed by atoms with Crippen LogP contribution in [-0.4, -0.2) is 39.8 Å². The summed E-state index contributed by atoms with van der Waals surface area (Å²) in [6, 6.07) is 12.6. The summed E-state index contributed by atoms with van der Waals surface area (Å²) in [7, 11) is -3.70. The van der Waals surface area contributed by atoms with Crippen molar-refractivity contribution in [3.05, 3.63) is 48.5 Å². The Morgan fingerprint density at radius 2 is 1.64 bits per heavy atom. The van der Waals surface area contributed by atoms with E-state index < -0.39 is 22.0 Å². The van der Waals surface area contributed by atoms with Gasteiger partial charge in [0.1, 0.15) is 17.5 Å². The van der Waals surface area contributed by atoms with Crippen LogP contribution < -0.4 is 19.1 Å². The van der Waals surface area contributed by atoms with E-state index in [1.54, 1.807) is 48.5 Å². The first kappa shape index (κ1) is 21.6. The Morgan fingerprint density at radius 1 is 1.04 bits per heavy atom. The minimum Gasteiger partial charge on any atom is -0.494 e. The number of carbonyl (C=O) groups excluding carboxylic acids is 1. The molecule has 0 aromatic heterocycles. The maximum Gasteiger partial charge on any atom is 0.248 e. The van der Waals surface area contributed by atoms with Crippen LogP contribution in [0, 0.1) is 0 Å². The number of para-hydroxylation sites is 2. The molecule has 8 heteroatoms. The van der Waals surface area contributed by atoms with Gasteiger partial charge in [-0.1, -0.05) is 12.1 Å². The lowest BCUT2D eigenvalue weighted by Crippen LogP contribution is -2.45. The van der Waals surface area contributed by atoms with Crippen molar-refractivity contribution in [2.45, 2.75) is 26.8 Å². The fourth-order valence-corrected chi connectivity index (χ4v) is 3.93. The molecule has 2 aromatic carbocycles. The Balaban J connectivity index is 2.28. The third kappa shape index (κ3) is 5.39. The lowest BCUT2D eigenvalue weighted by atomic mass is 10.2. The summed E-state index contributed by atoms with van der Waals surface area (Å²) in [6.07, 6.45) is 1.07. The molecule has 0 aliphatic rings. The molecular weight excluding hydrogens is 380 g/mol. The molecule has 7 nitrogen and oxygen atoms in total. The third-order valence-corrected chi connectivity index (χ3v) is 5.18. The summed E-state index contributed by atoms with van der Waals surface area (Å²) in [5, 5.41) is 2.75. The van der Waals surface area contributed by atoms with Gasteiger partial charge in [0.25, 0.3) is 0 Å². The van der Waals surface area contributed by atoms with E-state index in [2.05, 4.69) is 5.32 Å². The van der Waals surface area contributed by atoms with Crippen molar-refractivity contribution in [2.75, 3.05) is 29.1 Å². The van der Waals surface area contributed by atoms with Crippen molar-refractivity contribution in [3.8, 4) is 11.5 Å². The Morgan fingerprint density at radius 3 is 2.21 bits per heavy atom. The summed E-state index contributed by atoms with van der Waals surface area (Å²) in [4.78, 5) is 12.8. The molecule has 2 rings (SSSR count). The molecule has 0 spiro atoms. The molecule has 0 aliphatic heterocycles. The SMILES string of the molecule is CCOc1ccc(N([C@H](C)C(=O)Nc2ccccc2OCC)S(C)(=O)=O)cc1. The van der Waals surface area contributed by atoms with Crippen LogP contribution in [0.5, 0.6) is 11.5 Å². The normalized spacial score (nSPS) is 12.1. The fraction of sp³-hybridized carbons (Fsp3) is 0.350. The van der Waals surface area contributed by atoms with Gasteiger partial charge in [-0.05, 0) is 57.2 Å². The molecule has 0 saturated heterocycles. The van der Waals surface area contributed by atoms with Gasteiger partial charge in [-0.3, -0.25) is 9.10 Å². The number of nitrogens with zero attached hydrogens (tertiary/aromatic N) is 1. The number of ether oxygens (including phenoxy) is 2. The Labute approximate surface area is 166 Å². The predicted octanol–water partition coefficient (Wildman–Crippen LogP) is 3.28. The van der Waals surface area contributed by atoms with E-state index in [9.17, 15) is 13.2 Å². The number of sulfonamides is 1. The summed E-state index contributed by atoms with van der Waals surface area (Å²) in [6.45, 7) is 6.20. The number of hydrogen-bond acceptors (Lipinski definition) is 5. The lowest BCUT2D eigenvalue weighted by molar-refractivity contribution is -0.116. The van der Waals surface area contributed by atoms with Gasteiger partial charge in [0, 0.05) is 0 Å². The van der Waals surface area contributed by atoms with Gasteiger partial charge in [0.15, 0.2) is 0 Å². The van der Waals surface area contributed by atoms with E-state index in [0.717, 1.165) is 10.6 Å². The molecular formula is C20H26N2O5S. The molecule has 2 aromatic rings. The topological polar surface area (TPSA) is 84.9 Å². The first-order chi connectivity index (χ1) is 13.3. The number of amides is 1. The summed E-state index contributed by atoms with van der Waals surface area (Å²) < 4.78 is 36.8. The van der Waals surface area contributed by atoms with Gasteiger partial charge < -0.3 is 14.8 Å². The minimum absolute atomic E-state index is 0.381. The van der Waals surface area contributed by atoms with Crippen LogP contribution in [0.4, 0.5) is 11.4 Å². The summed E-state index contributed by atoms with van der Waals surface area (Å²) in [5.41, 5.74) is 0.869. The minimum atomic E-state index is -3.70. The van der Waals surface area contributed by atoms with Crippen LogP contribution in [0.2, 0.25) is 0 Å². The zero-order chi connectivity index (χ0) is 20.7. The van der Waals surface area contributed by atoms with Gasteiger partial charge in [0.2, 0.25) is 15.9 Å². The van der Waals surface area contributed by atoms with Crippen molar-refractivity contribution in [1.82, 2.24) is 0 Å². The van der Waals surface area contributed by atoms with E-state index in [0.29, 0.717) is 36.1 Å². The zero-order valence-corrected chi connectivity index (χ0v) is 17.3. The predicted molar refractivity (Wildman–Crippen MR) is 111 cm³/mol. The molecule has 0 bridgehead atoms.